The number of nitrogen functional groups attached to an aromatic ring is 2. The van der Waals surface area contributed by atoms with Crippen molar-refractivity contribution in [3.8, 4) is 11.7 Å². The molecule has 4 N–H and O–H groups in total. The molecule has 2 heterocycles. The number of amides is 1. The van der Waals surface area contributed by atoms with Gasteiger partial charge >= 0.3 is 6.09 Å². The minimum atomic E-state index is -1.29. The van der Waals surface area contributed by atoms with Crippen LogP contribution in [0.2, 0.25) is 0 Å². The predicted molar refractivity (Wildman–Crippen MR) is 114 cm³/mol. The fourth-order valence-electron chi connectivity index (χ4n) is 3.18. The Labute approximate surface area is 185 Å². The van der Waals surface area contributed by atoms with Crippen LogP contribution in [-0.2, 0) is 6.42 Å². The lowest BCUT2D eigenvalue weighted by Crippen LogP contribution is -2.26. The molecule has 0 saturated heterocycles. The zero-order valence-corrected chi connectivity index (χ0v) is 17.5. The van der Waals surface area contributed by atoms with Crippen LogP contribution in [0.1, 0.15) is 11.3 Å². The molecule has 0 aliphatic carbocycles. The summed E-state index contributed by atoms with van der Waals surface area (Å²) in [5, 5.41) is 4.98. The van der Waals surface area contributed by atoms with E-state index in [2.05, 4.69) is 15.1 Å². The summed E-state index contributed by atoms with van der Waals surface area (Å²) in [6.07, 6.45) is -0.918. The summed E-state index contributed by atoms with van der Waals surface area (Å²) in [5.41, 5.74) is 12.5. The van der Waals surface area contributed by atoms with Gasteiger partial charge in [-0.25, -0.2) is 18.0 Å². The fourth-order valence-corrected chi connectivity index (χ4v) is 3.18. The highest BCUT2D eigenvalue weighted by Crippen LogP contribution is 2.29. The van der Waals surface area contributed by atoms with Gasteiger partial charge in [-0.2, -0.15) is 19.7 Å². The van der Waals surface area contributed by atoms with E-state index in [4.69, 9.17) is 16.2 Å². The van der Waals surface area contributed by atoms with Crippen molar-refractivity contribution >= 4 is 28.6 Å². The van der Waals surface area contributed by atoms with Crippen molar-refractivity contribution in [1.82, 2.24) is 24.6 Å². The van der Waals surface area contributed by atoms with Crippen molar-refractivity contribution in [2.75, 3.05) is 25.6 Å². The zero-order valence-electron chi connectivity index (χ0n) is 17.5. The molecule has 0 spiro atoms. The van der Waals surface area contributed by atoms with E-state index >= 15 is 0 Å². The number of rotatable bonds is 4. The maximum absolute atomic E-state index is 14.2. The highest BCUT2D eigenvalue weighted by molar-refractivity contribution is 5.83. The molecular weight excluding hydrogens is 439 g/mol. The quantitative estimate of drug-likeness (QED) is 0.451. The van der Waals surface area contributed by atoms with Gasteiger partial charge in [-0.3, -0.25) is 0 Å². The van der Waals surface area contributed by atoms with Crippen LogP contribution in [0.15, 0.2) is 36.4 Å². The third kappa shape index (κ3) is 4.10. The molecule has 2 aromatic heterocycles. The Morgan fingerprint density at radius 2 is 1.76 bits per heavy atom. The molecule has 9 nitrogen and oxygen atoms in total. The van der Waals surface area contributed by atoms with Crippen molar-refractivity contribution < 1.29 is 22.7 Å². The SMILES string of the molecule is CN(C)C(=O)Oc1c(N)nc(-n2nc(Cc3cc(F)cc(F)c3F)c3ccccc32)nc1N. The van der Waals surface area contributed by atoms with Crippen LogP contribution in [0, 0.1) is 17.5 Å². The molecule has 170 valence electrons. The van der Waals surface area contributed by atoms with Gasteiger partial charge in [-0.15, -0.1) is 0 Å². The lowest BCUT2D eigenvalue weighted by atomic mass is 10.1. The minimum absolute atomic E-state index is 0.0389. The largest absolute Gasteiger partial charge is 0.414 e. The molecule has 0 unspecified atom stereocenters. The van der Waals surface area contributed by atoms with Crippen molar-refractivity contribution in [3.05, 3.63) is 65.1 Å². The molecule has 1 amide bonds. The molecule has 12 heteroatoms. The molecule has 0 aliphatic heterocycles. The van der Waals surface area contributed by atoms with Gasteiger partial charge in [0.2, 0.25) is 5.75 Å². The number of hydrogen-bond donors (Lipinski definition) is 2. The average molecular weight is 457 g/mol. The number of aromatic nitrogens is 4. The lowest BCUT2D eigenvalue weighted by Gasteiger charge is -2.13. The van der Waals surface area contributed by atoms with E-state index in [9.17, 15) is 18.0 Å². The number of hydrogen-bond acceptors (Lipinski definition) is 7. The topological polar surface area (TPSA) is 125 Å². The van der Waals surface area contributed by atoms with Crippen LogP contribution >= 0.6 is 0 Å². The summed E-state index contributed by atoms with van der Waals surface area (Å²) in [4.78, 5) is 21.3. The third-order valence-corrected chi connectivity index (χ3v) is 4.74. The Kier molecular flexibility index (Phi) is 5.50. The van der Waals surface area contributed by atoms with Crippen molar-refractivity contribution in [2.45, 2.75) is 6.42 Å². The van der Waals surface area contributed by atoms with Gasteiger partial charge in [-0.1, -0.05) is 18.2 Å². The number of halogens is 3. The van der Waals surface area contributed by atoms with Crippen LogP contribution in [0.4, 0.5) is 29.6 Å². The molecule has 0 fully saturated rings. The molecular formula is C21H18F3N7O2. The van der Waals surface area contributed by atoms with Crippen LogP contribution in [0.5, 0.6) is 5.75 Å². The van der Waals surface area contributed by atoms with Gasteiger partial charge in [0.15, 0.2) is 23.3 Å². The number of para-hydroxylation sites is 1. The summed E-state index contributed by atoms with van der Waals surface area (Å²) in [5.74, 6) is -4.00. The highest BCUT2D eigenvalue weighted by atomic mass is 19.2. The van der Waals surface area contributed by atoms with Crippen molar-refractivity contribution in [1.29, 1.82) is 0 Å². The smallest absolute Gasteiger partial charge is 0.402 e. The number of ether oxygens (including phenoxy) is 1. The Morgan fingerprint density at radius 1 is 1.09 bits per heavy atom. The number of anilines is 2. The second-order valence-electron chi connectivity index (χ2n) is 7.30. The molecule has 0 aliphatic rings. The lowest BCUT2D eigenvalue weighted by molar-refractivity contribution is 0.172. The van der Waals surface area contributed by atoms with Crippen LogP contribution in [0.3, 0.4) is 0 Å². The van der Waals surface area contributed by atoms with Gasteiger partial charge in [0.05, 0.1) is 11.2 Å². The number of nitrogens with zero attached hydrogens (tertiary/aromatic N) is 5. The van der Waals surface area contributed by atoms with E-state index in [0.717, 1.165) is 6.07 Å². The number of fused-ring (bicyclic) bond motifs is 1. The van der Waals surface area contributed by atoms with E-state index in [1.807, 2.05) is 0 Å². The second kappa shape index (κ2) is 8.30. The number of nitrogens with two attached hydrogens (primary N) is 2. The first kappa shape index (κ1) is 21.9. The molecule has 4 aromatic rings. The molecule has 2 aromatic carbocycles. The van der Waals surface area contributed by atoms with Gasteiger partial charge in [0, 0.05) is 32.0 Å². The molecule has 0 bridgehead atoms. The summed E-state index contributed by atoms with van der Waals surface area (Å²) >= 11 is 0. The van der Waals surface area contributed by atoms with Crippen molar-refractivity contribution in [2.24, 2.45) is 0 Å². The minimum Gasteiger partial charge on any atom is -0.402 e. The van der Waals surface area contributed by atoms with Gasteiger partial charge < -0.3 is 21.1 Å². The first-order chi connectivity index (χ1) is 15.7. The van der Waals surface area contributed by atoms with Crippen LogP contribution in [0.25, 0.3) is 16.9 Å². The zero-order chi connectivity index (χ0) is 23.9. The summed E-state index contributed by atoms with van der Waals surface area (Å²) in [7, 11) is 2.96. The summed E-state index contributed by atoms with van der Waals surface area (Å²) < 4.78 is 48.0. The summed E-state index contributed by atoms with van der Waals surface area (Å²) in [6, 6.07) is 8.25. The van der Waals surface area contributed by atoms with Crippen molar-refractivity contribution in [3.63, 3.8) is 0 Å². The number of carbonyl (C=O) groups excluding carboxylic acids is 1. The first-order valence-corrected chi connectivity index (χ1v) is 9.58. The highest BCUT2D eigenvalue weighted by Gasteiger charge is 2.21. The Morgan fingerprint density at radius 3 is 2.42 bits per heavy atom. The van der Waals surface area contributed by atoms with Crippen LogP contribution < -0.4 is 16.2 Å². The maximum atomic E-state index is 14.2. The molecule has 0 radical (unpaired) electrons. The molecule has 33 heavy (non-hydrogen) atoms. The van der Waals surface area contributed by atoms with E-state index in [1.54, 1.807) is 24.3 Å². The Balaban J connectivity index is 1.80. The Bertz CT molecular complexity index is 1370. The number of carbonyl (C=O) groups is 1. The summed E-state index contributed by atoms with van der Waals surface area (Å²) in [6.45, 7) is 0. The van der Waals surface area contributed by atoms with Gasteiger partial charge in [0.1, 0.15) is 5.82 Å². The third-order valence-electron chi connectivity index (χ3n) is 4.74. The number of benzene rings is 2. The van der Waals surface area contributed by atoms with Gasteiger partial charge in [-0.05, 0) is 17.7 Å². The van der Waals surface area contributed by atoms with E-state index in [0.29, 0.717) is 22.7 Å². The first-order valence-electron chi connectivity index (χ1n) is 9.58. The normalized spacial score (nSPS) is 11.1. The average Bonchev–Trinajstić information content (AvgIpc) is 3.12. The molecule has 0 saturated carbocycles. The van der Waals surface area contributed by atoms with E-state index in [1.165, 1.54) is 23.7 Å². The molecule has 4 rings (SSSR count). The van der Waals surface area contributed by atoms with Crippen LogP contribution in [-0.4, -0.2) is 44.8 Å². The fraction of sp³-hybridized carbons (Fsp3) is 0.143. The van der Waals surface area contributed by atoms with Gasteiger partial charge in [0.25, 0.3) is 5.95 Å². The molecule has 0 atom stereocenters. The predicted octanol–water partition coefficient (Wildman–Crippen LogP) is 3.05. The maximum Gasteiger partial charge on any atom is 0.414 e. The second-order valence-corrected chi connectivity index (χ2v) is 7.30. The monoisotopic (exact) mass is 457 g/mol. The Hall–Kier alpha value is -4.35. The van der Waals surface area contributed by atoms with E-state index < -0.39 is 23.5 Å². The van der Waals surface area contributed by atoms with E-state index in [-0.39, 0.29) is 35.3 Å². The standard InChI is InChI=1S/C21H18F3N7O2/c1-30(2)21(32)33-17-18(25)27-20(28-19(17)26)31-15-6-4-3-5-12(15)14(29-31)8-10-7-11(22)9-13(23)16(10)24/h3-7,9H,8H2,1-2H3,(H4,25,26,27,28).